The van der Waals surface area contributed by atoms with Crippen LogP contribution in [0.1, 0.15) is 25.6 Å². The Morgan fingerprint density at radius 1 is 1.12 bits per heavy atom. The van der Waals surface area contributed by atoms with Gasteiger partial charge in [-0.15, -0.1) is 11.3 Å². The molecule has 2 aromatic rings. The third kappa shape index (κ3) is 2.72. The molecule has 0 fully saturated rings. The largest absolute Gasteiger partial charge is 0.398 e. The molecule has 1 aromatic heterocycles. The van der Waals surface area contributed by atoms with E-state index in [1.54, 1.807) is 0 Å². The van der Waals surface area contributed by atoms with Crippen LogP contribution in [0, 0.1) is 0 Å². The van der Waals surface area contributed by atoms with Crippen molar-refractivity contribution < 1.29 is 0 Å². The maximum absolute atomic E-state index is 5.80. The maximum Gasteiger partial charge on any atom is 0.0458 e. The molecule has 2 N–H and O–H groups in total. The standard InChI is InChI=1S/C14H16BrNS/c1-14(2,3)13-7-6-12(17-13)9-4-5-11(16)10(15)8-9/h4-8H,16H2,1-3H3. The van der Waals surface area contributed by atoms with E-state index in [1.165, 1.54) is 15.3 Å². The predicted octanol–water partition coefficient (Wildman–Crippen LogP) is 5.06. The van der Waals surface area contributed by atoms with Crippen molar-refractivity contribution >= 4 is 33.0 Å². The minimum Gasteiger partial charge on any atom is -0.398 e. The Hall–Kier alpha value is -0.800. The normalized spacial score (nSPS) is 11.8. The summed E-state index contributed by atoms with van der Waals surface area (Å²) in [5.41, 5.74) is 8.01. The lowest BCUT2D eigenvalue weighted by molar-refractivity contribution is 0.604. The fourth-order valence-corrected chi connectivity index (χ4v) is 3.02. The highest BCUT2D eigenvalue weighted by Gasteiger charge is 2.16. The lowest BCUT2D eigenvalue weighted by atomic mass is 9.95. The molecule has 3 heteroatoms. The van der Waals surface area contributed by atoms with Gasteiger partial charge < -0.3 is 5.73 Å². The molecule has 0 bridgehead atoms. The highest BCUT2D eigenvalue weighted by molar-refractivity contribution is 9.10. The van der Waals surface area contributed by atoms with E-state index in [0.29, 0.717) is 0 Å². The number of anilines is 1. The summed E-state index contributed by atoms with van der Waals surface area (Å²) in [7, 11) is 0. The van der Waals surface area contributed by atoms with E-state index in [0.717, 1.165) is 10.2 Å². The van der Waals surface area contributed by atoms with Gasteiger partial charge in [-0.2, -0.15) is 0 Å². The van der Waals surface area contributed by atoms with E-state index in [9.17, 15) is 0 Å². The van der Waals surface area contributed by atoms with Crippen LogP contribution in [0.4, 0.5) is 5.69 Å². The minimum absolute atomic E-state index is 0.216. The molecule has 0 unspecified atom stereocenters. The summed E-state index contributed by atoms with van der Waals surface area (Å²) < 4.78 is 0.959. The summed E-state index contributed by atoms with van der Waals surface area (Å²) in [5, 5.41) is 0. The molecule has 17 heavy (non-hydrogen) atoms. The second kappa shape index (κ2) is 4.46. The first-order valence-electron chi connectivity index (χ1n) is 5.53. The van der Waals surface area contributed by atoms with Crippen LogP contribution in [0.15, 0.2) is 34.8 Å². The Morgan fingerprint density at radius 2 is 1.82 bits per heavy atom. The second-order valence-electron chi connectivity index (χ2n) is 5.15. The fraction of sp³-hybridized carbons (Fsp3) is 0.286. The third-order valence-electron chi connectivity index (χ3n) is 2.63. The van der Waals surface area contributed by atoms with Crippen molar-refractivity contribution in [1.82, 2.24) is 0 Å². The summed E-state index contributed by atoms with van der Waals surface area (Å²) in [6, 6.07) is 10.5. The Bertz CT molecular complexity index is 537. The molecular weight excluding hydrogens is 294 g/mol. The predicted molar refractivity (Wildman–Crippen MR) is 80.6 cm³/mol. The first kappa shape index (κ1) is 12.7. The molecule has 0 radical (unpaired) electrons. The van der Waals surface area contributed by atoms with Crippen molar-refractivity contribution in [2.45, 2.75) is 26.2 Å². The summed E-state index contributed by atoms with van der Waals surface area (Å²) in [4.78, 5) is 2.69. The number of benzene rings is 1. The van der Waals surface area contributed by atoms with Crippen LogP contribution in [0.25, 0.3) is 10.4 Å². The fourth-order valence-electron chi connectivity index (χ4n) is 1.58. The van der Waals surface area contributed by atoms with E-state index in [4.69, 9.17) is 5.73 Å². The van der Waals surface area contributed by atoms with Crippen LogP contribution in [0.5, 0.6) is 0 Å². The van der Waals surface area contributed by atoms with Crippen molar-refractivity contribution in [1.29, 1.82) is 0 Å². The molecule has 1 heterocycles. The van der Waals surface area contributed by atoms with Crippen LogP contribution >= 0.6 is 27.3 Å². The average molecular weight is 310 g/mol. The third-order valence-corrected chi connectivity index (χ3v) is 4.88. The summed E-state index contributed by atoms with van der Waals surface area (Å²) in [5.74, 6) is 0. The molecule has 0 aliphatic carbocycles. The monoisotopic (exact) mass is 309 g/mol. The topological polar surface area (TPSA) is 26.0 Å². The van der Waals surface area contributed by atoms with Crippen molar-refractivity contribution in [2.24, 2.45) is 0 Å². The van der Waals surface area contributed by atoms with Gasteiger partial charge in [-0.3, -0.25) is 0 Å². The van der Waals surface area contributed by atoms with Crippen LogP contribution < -0.4 is 5.73 Å². The van der Waals surface area contributed by atoms with Gasteiger partial charge >= 0.3 is 0 Å². The molecule has 2 rings (SSSR count). The molecule has 0 aliphatic rings. The summed E-state index contributed by atoms with van der Waals surface area (Å²) in [6.45, 7) is 6.71. The highest BCUT2D eigenvalue weighted by atomic mass is 79.9. The first-order chi connectivity index (χ1) is 7.88. The van der Waals surface area contributed by atoms with Gasteiger partial charge in [0.05, 0.1) is 0 Å². The van der Waals surface area contributed by atoms with Crippen molar-refractivity contribution in [2.75, 3.05) is 5.73 Å². The maximum atomic E-state index is 5.80. The second-order valence-corrected chi connectivity index (χ2v) is 7.09. The molecule has 0 amide bonds. The lowest BCUT2D eigenvalue weighted by Crippen LogP contribution is -2.07. The lowest BCUT2D eigenvalue weighted by Gasteiger charge is -2.15. The van der Waals surface area contributed by atoms with E-state index in [-0.39, 0.29) is 5.41 Å². The first-order valence-corrected chi connectivity index (χ1v) is 7.14. The van der Waals surface area contributed by atoms with Crippen LogP contribution in [0.2, 0.25) is 0 Å². The molecule has 90 valence electrons. The van der Waals surface area contributed by atoms with Gasteiger partial charge in [-0.05, 0) is 51.2 Å². The van der Waals surface area contributed by atoms with Crippen LogP contribution in [-0.2, 0) is 5.41 Å². The molecule has 0 aliphatic heterocycles. The number of halogens is 1. The zero-order valence-corrected chi connectivity index (χ0v) is 12.7. The number of nitrogen functional groups attached to an aromatic ring is 1. The van der Waals surface area contributed by atoms with Gasteiger partial charge in [0.25, 0.3) is 0 Å². The Kier molecular flexibility index (Phi) is 3.32. The SMILES string of the molecule is CC(C)(C)c1ccc(-c2ccc(N)c(Br)c2)s1. The number of thiophene rings is 1. The van der Waals surface area contributed by atoms with Gasteiger partial charge in [0.15, 0.2) is 0 Å². The smallest absolute Gasteiger partial charge is 0.0458 e. The average Bonchev–Trinajstić information content (AvgIpc) is 2.70. The minimum atomic E-state index is 0.216. The molecular formula is C14H16BrNS. The number of nitrogens with two attached hydrogens (primary N) is 1. The zero-order chi connectivity index (χ0) is 12.6. The quantitative estimate of drug-likeness (QED) is 0.732. The van der Waals surface area contributed by atoms with Crippen LogP contribution in [0.3, 0.4) is 0 Å². The van der Waals surface area contributed by atoms with Gasteiger partial charge in [0.1, 0.15) is 0 Å². The number of rotatable bonds is 1. The summed E-state index contributed by atoms with van der Waals surface area (Å²) in [6.07, 6.45) is 0. The van der Waals surface area contributed by atoms with Gasteiger partial charge in [0.2, 0.25) is 0 Å². The molecule has 0 saturated heterocycles. The van der Waals surface area contributed by atoms with Gasteiger partial charge in [-0.25, -0.2) is 0 Å². The van der Waals surface area contributed by atoms with Gasteiger partial charge in [0, 0.05) is 19.9 Å². The molecule has 1 aromatic carbocycles. The Balaban J connectivity index is 2.40. The Labute approximate surface area is 115 Å². The molecule has 0 saturated carbocycles. The highest BCUT2D eigenvalue weighted by Crippen LogP contribution is 2.36. The Morgan fingerprint density at radius 3 is 2.35 bits per heavy atom. The van der Waals surface area contributed by atoms with E-state index < -0.39 is 0 Å². The number of hydrogen-bond donors (Lipinski definition) is 1. The van der Waals surface area contributed by atoms with Crippen molar-refractivity contribution in [3.05, 3.63) is 39.7 Å². The summed E-state index contributed by atoms with van der Waals surface area (Å²) >= 11 is 5.32. The van der Waals surface area contributed by atoms with Crippen molar-refractivity contribution in [3.63, 3.8) is 0 Å². The van der Waals surface area contributed by atoms with E-state index in [1.807, 2.05) is 17.4 Å². The molecule has 1 nitrogen and oxygen atoms in total. The molecule has 0 spiro atoms. The van der Waals surface area contributed by atoms with E-state index >= 15 is 0 Å². The van der Waals surface area contributed by atoms with Crippen molar-refractivity contribution in [3.8, 4) is 10.4 Å². The van der Waals surface area contributed by atoms with Gasteiger partial charge in [-0.1, -0.05) is 26.8 Å². The molecule has 0 atom stereocenters. The van der Waals surface area contributed by atoms with E-state index in [2.05, 4.69) is 61.0 Å². The van der Waals surface area contributed by atoms with Crippen LogP contribution in [-0.4, -0.2) is 0 Å². The number of hydrogen-bond acceptors (Lipinski definition) is 2. The zero-order valence-electron chi connectivity index (χ0n) is 10.3.